The number of halogens is 4. The van der Waals surface area contributed by atoms with Crippen LogP contribution in [0.1, 0.15) is 16.1 Å². The summed E-state index contributed by atoms with van der Waals surface area (Å²) < 4.78 is 61.0. The van der Waals surface area contributed by atoms with Crippen molar-refractivity contribution in [2.75, 3.05) is 12.8 Å². The molecule has 0 fully saturated rings. The van der Waals surface area contributed by atoms with E-state index in [1.165, 1.54) is 18.2 Å². The highest BCUT2D eigenvalue weighted by molar-refractivity contribution is 5.96. The van der Waals surface area contributed by atoms with E-state index < -0.39 is 24.3 Å². The van der Waals surface area contributed by atoms with Gasteiger partial charge in [0.1, 0.15) is 6.07 Å². The molecule has 1 aromatic carbocycles. The van der Waals surface area contributed by atoms with Gasteiger partial charge in [0, 0.05) is 6.20 Å². The van der Waals surface area contributed by atoms with Gasteiger partial charge in [0.2, 0.25) is 0 Å². The molecule has 0 atom stereocenters. The predicted octanol–water partition coefficient (Wildman–Crippen LogP) is 2.95. The first-order valence-electron chi connectivity index (χ1n) is 6.66. The number of nitriles is 1. The van der Waals surface area contributed by atoms with E-state index in [4.69, 9.17) is 11.0 Å². The average Bonchev–Trinajstić information content (AvgIpc) is 2.90. The topological polar surface area (TPSA) is 90.3 Å². The molecule has 0 saturated heterocycles. The average molecular weight is 357 g/mol. The Bertz CT molecular complexity index is 843. The summed E-state index contributed by atoms with van der Waals surface area (Å²) in [5, 5.41) is 9.04. The zero-order valence-corrected chi connectivity index (χ0v) is 12.7. The van der Waals surface area contributed by atoms with E-state index in [2.05, 4.69) is 9.47 Å². The molecule has 10 heteroatoms. The molecule has 0 radical (unpaired) electrons. The number of methoxy groups -OCH3 is 1. The van der Waals surface area contributed by atoms with Gasteiger partial charge in [-0.3, -0.25) is 0 Å². The van der Waals surface area contributed by atoms with Crippen LogP contribution >= 0.6 is 0 Å². The van der Waals surface area contributed by atoms with Crippen LogP contribution in [0.5, 0.6) is 5.75 Å². The third-order valence-corrected chi connectivity index (χ3v) is 3.17. The fourth-order valence-corrected chi connectivity index (χ4v) is 2.04. The Morgan fingerprint density at radius 2 is 2.00 bits per heavy atom. The molecule has 1 heterocycles. The molecule has 1 aromatic heterocycles. The van der Waals surface area contributed by atoms with E-state index in [-0.39, 0.29) is 22.6 Å². The highest BCUT2D eigenvalue weighted by Crippen LogP contribution is 2.34. The van der Waals surface area contributed by atoms with Crippen LogP contribution in [-0.4, -0.2) is 30.2 Å². The number of carbonyl (C=O) groups excluding carboxylic acids is 1. The Morgan fingerprint density at radius 1 is 1.36 bits per heavy atom. The van der Waals surface area contributed by atoms with Gasteiger partial charge in [-0.05, 0) is 12.1 Å². The molecule has 25 heavy (non-hydrogen) atoms. The highest BCUT2D eigenvalue weighted by atomic mass is 19.3. The number of nitrogen functional groups attached to an aromatic ring is 1. The Morgan fingerprint density at radius 3 is 2.56 bits per heavy atom. The van der Waals surface area contributed by atoms with Crippen molar-refractivity contribution in [1.82, 2.24) is 4.57 Å². The van der Waals surface area contributed by atoms with Gasteiger partial charge in [-0.15, -0.1) is 0 Å². The number of nitrogens with zero attached hydrogens (tertiary/aromatic N) is 2. The smallest absolute Gasteiger partial charge is 0.461 e. The van der Waals surface area contributed by atoms with Crippen LogP contribution in [0.15, 0.2) is 30.5 Å². The van der Waals surface area contributed by atoms with Crippen LogP contribution in [-0.2, 0) is 4.74 Å². The summed E-state index contributed by atoms with van der Waals surface area (Å²) >= 11 is 0. The molecule has 0 aliphatic carbocycles. The lowest BCUT2D eigenvalue weighted by Crippen LogP contribution is -2.33. The number of esters is 1. The molecule has 0 unspecified atom stereocenters. The third kappa shape index (κ3) is 3.35. The number of benzene rings is 1. The molecule has 2 rings (SSSR count). The first kappa shape index (κ1) is 18.1. The Balaban J connectivity index is 2.65. The zero-order chi connectivity index (χ0) is 18.8. The van der Waals surface area contributed by atoms with Gasteiger partial charge < -0.3 is 19.8 Å². The van der Waals surface area contributed by atoms with Gasteiger partial charge in [0.25, 0.3) is 0 Å². The summed E-state index contributed by atoms with van der Waals surface area (Å²) in [5.41, 5.74) is 4.81. The molecule has 132 valence electrons. The van der Waals surface area contributed by atoms with E-state index in [0.717, 1.165) is 23.9 Å². The predicted molar refractivity (Wildman–Crippen MR) is 77.8 cm³/mol. The molecule has 0 bridgehead atoms. The Hall–Kier alpha value is -3.22. The fourth-order valence-electron chi connectivity index (χ4n) is 2.04. The van der Waals surface area contributed by atoms with Crippen molar-refractivity contribution >= 4 is 11.7 Å². The number of ether oxygens (including phenoxy) is 2. The number of aromatic nitrogens is 1. The van der Waals surface area contributed by atoms with E-state index in [1.54, 1.807) is 6.07 Å². The van der Waals surface area contributed by atoms with Crippen LogP contribution in [0, 0.1) is 11.3 Å². The van der Waals surface area contributed by atoms with Crippen molar-refractivity contribution in [2.24, 2.45) is 0 Å². The lowest BCUT2D eigenvalue weighted by Gasteiger charge is -2.20. The fraction of sp³-hybridized carbons (Fsp3) is 0.200. The minimum absolute atomic E-state index is 0.129. The quantitative estimate of drug-likeness (QED) is 0.656. The van der Waals surface area contributed by atoms with Crippen LogP contribution in [0.3, 0.4) is 0 Å². The van der Waals surface area contributed by atoms with E-state index in [0.29, 0.717) is 0 Å². The molecule has 0 aliphatic rings. The number of alkyl halides is 4. The van der Waals surface area contributed by atoms with Crippen molar-refractivity contribution < 1.29 is 31.8 Å². The third-order valence-electron chi connectivity index (χ3n) is 3.17. The number of carbonyl (C=O) groups is 1. The molecule has 2 aromatic rings. The molecule has 0 spiro atoms. The summed E-state index contributed by atoms with van der Waals surface area (Å²) in [6, 6.07) is 6.63. The van der Waals surface area contributed by atoms with Crippen molar-refractivity contribution in [3.8, 4) is 17.5 Å². The first-order valence-corrected chi connectivity index (χ1v) is 6.66. The second kappa shape index (κ2) is 6.72. The van der Waals surface area contributed by atoms with Crippen molar-refractivity contribution in [3.05, 3.63) is 41.7 Å². The van der Waals surface area contributed by atoms with Crippen LogP contribution in [0.25, 0.3) is 5.69 Å². The Kier molecular flexibility index (Phi) is 4.87. The summed E-state index contributed by atoms with van der Waals surface area (Å²) in [6.45, 7) is 0. The largest absolute Gasteiger partial charge is 0.464 e. The lowest BCUT2D eigenvalue weighted by atomic mass is 10.2. The molecule has 0 saturated carbocycles. The maximum atomic E-state index is 13.3. The number of rotatable bonds is 5. The van der Waals surface area contributed by atoms with Crippen LogP contribution in [0.2, 0.25) is 0 Å². The zero-order valence-electron chi connectivity index (χ0n) is 12.7. The minimum Gasteiger partial charge on any atom is -0.464 e. The van der Waals surface area contributed by atoms with Gasteiger partial charge in [-0.1, -0.05) is 12.1 Å². The molecule has 0 aliphatic heterocycles. The molecule has 2 N–H and O–H groups in total. The Labute approximate surface area is 139 Å². The maximum Gasteiger partial charge on any atom is 0.461 e. The molecule has 0 amide bonds. The van der Waals surface area contributed by atoms with Crippen LogP contribution in [0.4, 0.5) is 23.2 Å². The SMILES string of the molecule is COC(=O)c1c(N)c(C#N)cn1-c1ccccc1OC(F)(F)C(F)F. The van der Waals surface area contributed by atoms with E-state index >= 15 is 0 Å². The van der Waals surface area contributed by atoms with Gasteiger partial charge >= 0.3 is 18.5 Å². The van der Waals surface area contributed by atoms with Crippen LogP contribution < -0.4 is 10.5 Å². The lowest BCUT2D eigenvalue weighted by molar-refractivity contribution is -0.253. The van der Waals surface area contributed by atoms with Crippen molar-refractivity contribution in [1.29, 1.82) is 5.26 Å². The maximum absolute atomic E-state index is 13.3. The summed E-state index contributed by atoms with van der Waals surface area (Å²) in [4.78, 5) is 11.9. The van der Waals surface area contributed by atoms with E-state index in [9.17, 15) is 22.4 Å². The highest BCUT2D eigenvalue weighted by Gasteiger charge is 2.44. The molecular formula is C15H11F4N3O3. The second-order valence-corrected chi connectivity index (χ2v) is 4.71. The van der Waals surface area contributed by atoms with Gasteiger partial charge in [0.05, 0.1) is 24.0 Å². The summed E-state index contributed by atoms with van der Waals surface area (Å²) in [5.74, 6) is -1.59. The number of anilines is 1. The summed E-state index contributed by atoms with van der Waals surface area (Å²) in [6.07, 6.45) is -7.73. The second-order valence-electron chi connectivity index (χ2n) is 4.71. The van der Waals surface area contributed by atoms with Gasteiger partial charge in [-0.25, -0.2) is 4.79 Å². The van der Waals surface area contributed by atoms with Crippen molar-refractivity contribution in [2.45, 2.75) is 12.5 Å². The number of hydrogen-bond acceptors (Lipinski definition) is 5. The standard InChI is InChI=1S/C15H11F4N3O3/c1-24-13(23)12-11(21)8(6-20)7-22(12)9-4-2-3-5-10(9)25-15(18,19)14(16)17/h2-5,7,14H,21H2,1H3. The summed E-state index contributed by atoms with van der Waals surface area (Å²) in [7, 11) is 1.05. The minimum atomic E-state index is -4.75. The van der Waals surface area contributed by atoms with Gasteiger partial charge in [-0.2, -0.15) is 22.8 Å². The number of hydrogen-bond donors (Lipinski definition) is 1. The normalized spacial score (nSPS) is 11.2. The van der Waals surface area contributed by atoms with E-state index in [1.807, 2.05) is 0 Å². The van der Waals surface area contributed by atoms with Crippen molar-refractivity contribution in [3.63, 3.8) is 0 Å². The van der Waals surface area contributed by atoms with Gasteiger partial charge in [0.15, 0.2) is 11.4 Å². The number of para-hydroxylation sites is 2. The number of nitrogens with two attached hydrogens (primary N) is 1. The first-order chi connectivity index (χ1) is 11.7. The monoisotopic (exact) mass is 357 g/mol. The molecule has 6 nitrogen and oxygen atoms in total. The molecular weight excluding hydrogens is 346 g/mol.